The lowest BCUT2D eigenvalue weighted by molar-refractivity contribution is 0.187. The maximum absolute atomic E-state index is 11.2. The Balaban J connectivity index is 1.96. The summed E-state index contributed by atoms with van der Waals surface area (Å²) in [5, 5.41) is 6.20. The third-order valence-electron chi connectivity index (χ3n) is 3.80. The summed E-state index contributed by atoms with van der Waals surface area (Å²) < 4.78 is 4.59. The van der Waals surface area contributed by atoms with Crippen molar-refractivity contribution in [3.63, 3.8) is 0 Å². The smallest absolute Gasteiger partial charge is 0.411 e. The molecule has 1 atom stereocenters. The molecule has 2 N–H and O–H groups in total. The highest BCUT2D eigenvalue weighted by Gasteiger charge is 2.21. The molecule has 1 aliphatic carbocycles. The van der Waals surface area contributed by atoms with E-state index in [1.807, 2.05) is 24.3 Å². The summed E-state index contributed by atoms with van der Waals surface area (Å²) in [4.78, 5) is 11.2. The van der Waals surface area contributed by atoms with Crippen molar-refractivity contribution in [3.05, 3.63) is 24.3 Å². The molecule has 104 valence electrons. The molecule has 1 saturated carbocycles. The van der Waals surface area contributed by atoms with E-state index in [0.717, 1.165) is 17.3 Å². The molecule has 0 spiro atoms. The van der Waals surface area contributed by atoms with Gasteiger partial charge in [0.1, 0.15) is 0 Å². The van der Waals surface area contributed by atoms with Crippen LogP contribution in [0, 0.1) is 5.92 Å². The third kappa shape index (κ3) is 3.88. The van der Waals surface area contributed by atoms with Gasteiger partial charge in [-0.25, -0.2) is 4.79 Å². The molecule has 1 aliphatic rings. The van der Waals surface area contributed by atoms with Gasteiger partial charge in [-0.15, -0.1) is 0 Å². The first-order valence-electron chi connectivity index (χ1n) is 6.90. The van der Waals surface area contributed by atoms with Crippen LogP contribution in [-0.2, 0) is 4.74 Å². The van der Waals surface area contributed by atoms with E-state index in [2.05, 4.69) is 22.3 Å². The van der Waals surface area contributed by atoms with Gasteiger partial charge in [0, 0.05) is 17.4 Å². The maximum Gasteiger partial charge on any atom is 0.411 e. The Morgan fingerprint density at radius 2 is 2.00 bits per heavy atom. The summed E-state index contributed by atoms with van der Waals surface area (Å²) >= 11 is 0. The number of methoxy groups -OCH3 is 1. The van der Waals surface area contributed by atoms with Crippen LogP contribution in [-0.4, -0.2) is 19.2 Å². The third-order valence-corrected chi connectivity index (χ3v) is 3.80. The number of ether oxygens (including phenoxy) is 1. The van der Waals surface area contributed by atoms with Gasteiger partial charge >= 0.3 is 6.09 Å². The molecular formula is C15H22N2O2. The van der Waals surface area contributed by atoms with Crippen molar-refractivity contribution in [2.75, 3.05) is 17.7 Å². The first-order chi connectivity index (χ1) is 9.19. The van der Waals surface area contributed by atoms with Gasteiger partial charge in [0.15, 0.2) is 0 Å². The Kier molecular flexibility index (Phi) is 4.66. The summed E-state index contributed by atoms with van der Waals surface area (Å²) in [5.41, 5.74) is 1.78. The number of hydrogen-bond acceptors (Lipinski definition) is 3. The van der Waals surface area contributed by atoms with Crippen LogP contribution in [0.25, 0.3) is 0 Å². The van der Waals surface area contributed by atoms with Gasteiger partial charge in [0.05, 0.1) is 7.11 Å². The minimum Gasteiger partial charge on any atom is -0.453 e. The van der Waals surface area contributed by atoms with Crippen LogP contribution in [0.2, 0.25) is 0 Å². The molecule has 1 fully saturated rings. The number of carbonyl (C=O) groups excluding carboxylic acids is 1. The summed E-state index contributed by atoms with van der Waals surface area (Å²) in [6, 6.07) is 8.20. The Morgan fingerprint density at radius 1 is 1.32 bits per heavy atom. The molecule has 0 heterocycles. The average Bonchev–Trinajstić information content (AvgIpc) is 2.93. The molecule has 2 rings (SSSR count). The van der Waals surface area contributed by atoms with Crippen LogP contribution in [0.3, 0.4) is 0 Å². The monoisotopic (exact) mass is 262 g/mol. The Morgan fingerprint density at radius 3 is 2.68 bits per heavy atom. The topological polar surface area (TPSA) is 50.4 Å². The van der Waals surface area contributed by atoms with E-state index in [9.17, 15) is 4.79 Å². The van der Waals surface area contributed by atoms with Gasteiger partial charge in [-0.05, 0) is 43.9 Å². The van der Waals surface area contributed by atoms with Gasteiger partial charge in [-0.3, -0.25) is 5.32 Å². The normalized spacial score (nSPS) is 16.9. The lowest BCUT2D eigenvalue weighted by Gasteiger charge is -2.21. The zero-order valence-electron chi connectivity index (χ0n) is 11.6. The SMILES string of the molecule is COC(=O)Nc1cccc(NC(C)C2CCCC2)c1. The van der Waals surface area contributed by atoms with Crippen molar-refractivity contribution < 1.29 is 9.53 Å². The van der Waals surface area contributed by atoms with E-state index in [1.54, 1.807) is 0 Å². The maximum atomic E-state index is 11.2. The molecule has 0 saturated heterocycles. The fraction of sp³-hybridized carbons (Fsp3) is 0.533. The number of carbonyl (C=O) groups is 1. The first-order valence-corrected chi connectivity index (χ1v) is 6.90. The summed E-state index contributed by atoms with van der Waals surface area (Å²) in [5.74, 6) is 0.761. The fourth-order valence-electron chi connectivity index (χ4n) is 2.69. The Bertz CT molecular complexity index is 428. The van der Waals surface area contributed by atoms with Crippen LogP contribution < -0.4 is 10.6 Å². The Labute approximate surface area is 114 Å². The first kappa shape index (κ1) is 13.7. The van der Waals surface area contributed by atoms with Crippen molar-refractivity contribution in [3.8, 4) is 0 Å². The van der Waals surface area contributed by atoms with Crippen molar-refractivity contribution in [1.29, 1.82) is 0 Å². The zero-order valence-corrected chi connectivity index (χ0v) is 11.6. The second kappa shape index (κ2) is 6.45. The van der Waals surface area contributed by atoms with E-state index >= 15 is 0 Å². The van der Waals surface area contributed by atoms with Crippen molar-refractivity contribution in [2.45, 2.75) is 38.6 Å². The Hall–Kier alpha value is -1.71. The minimum atomic E-state index is -0.444. The van der Waals surface area contributed by atoms with Crippen LogP contribution >= 0.6 is 0 Å². The van der Waals surface area contributed by atoms with Gasteiger partial charge in [0.2, 0.25) is 0 Å². The summed E-state index contributed by atoms with van der Waals surface area (Å²) in [7, 11) is 1.36. The molecule has 1 aromatic rings. The standard InChI is InChI=1S/C15H22N2O2/c1-11(12-6-3-4-7-12)16-13-8-5-9-14(10-13)17-15(18)19-2/h5,8-12,16H,3-4,6-7H2,1-2H3,(H,17,18). The highest BCUT2D eigenvalue weighted by Crippen LogP contribution is 2.29. The number of benzene rings is 1. The van der Waals surface area contributed by atoms with Gasteiger partial charge in [-0.1, -0.05) is 18.9 Å². The molecule has 0 bridgehead atoms. The molecule has 1 aromatic carbocycles. The van der Waals surface area contributed by atoms with E-state index in [1.165, 1.54) is 32.8 Å². The molecule has 19 heavy (non-hydrogen) atoms. The minimum absolute atomic E-state index is 0.444. The average molecular weight is 262 g/mol. The van der Waals surface area contributed by atoms with Crippen molar-refractivity contribution >= 4 is 17.5 Å². The fourth-order valence-corrected chi connectivity index (χ4v) is 2.69. The summed E-state index contributed by atoms with van der Waals surface area (Å²) in [6.45, 7) is 2.23. The van der Waals surface area contributed by atoms with Crippen molar-refractivity contribution in [1.82, 2.24) is 0 Å². The van der Waals surface area contributed by atoms with Gasteiger partial charge in [0.25, 0.3) is 0 Å². The molecule has 0 radical (unpaired) electrons. The number of anilines is 2. The van der Waals surface area contributed by atoms with Crippen molar-refractivity contribution in [2.24, 2.45) is 5.92 Å². The molecular weight excluding hydrogens is 240 g/mol. The van der Waals surface area contributed by atoms with E-state index in [0.29, 0.717) is 6.04 Å². The molecule has 1 unspecified atom stereocenters. The summed E-state index contributed by atoms with van der Waals surface area (Å²) in [6.07, 6.45) is 4.88. The van der Waals surface area contributed by atoms with Crippen LogP contribution in [0.1, 0.15) is 32.6 Å². The number of hydrogen-bond donors (Lipinski definition) is 2. The predicted octanol–water partition coefficient (Wildman–Crippen LogP) is 3.86. The number of amides is 1. The number of nitrogens with one attached hydrogen (secondary N) is 2. The van der Waals surface area contributed by atoms with Gasteiger partial charge in [-0.2, -0.15) is 0 Å². The quantitative estimate of drug-likeness (QED) is 0.866. The van der Waals surface area contributed by atoms with E-state index in [-0.39, 0.29) is 0 Å². The molecule has 1 amide bonds. The zero-order chi connectivity index (χ0) is 13.7. The van der Waals surface area contributed by atoms with Gasteiger partial charge < -0.3 is 10.1 Å². The van der Waals surface area contributed by atoms with Crippen LogP contribution in [0.5, 0.6) is 0 Å². The van der Waals surface area contributed by atoms with E-state index in [4.69, 9.17) is 0 Å². The second-order valence-corrected chi connectivity index (χ2v) is 5.17. The second-order valence-electron chi connectivity index (χ2n) is 5.17. The highest BCUT2D eigenvalue weighted by molar-refractivity contribution is 5.85. The molecule has 4 nitrogen and oxygen atoms in total. The van der Waals surface area contributed by atoms with Crippen LogP contribution in [0.15, 0.2) is 24.3 Å². The lowest BCUT2D eigenvalue weighted by atomic mass is 9.99. The molecule has 0 aromatic heterocycles. The molecule has 4 heteroatoms. The lowest BCUT2D eigenvalue weighted by Crippen LogP contribution is -2.23. The van der Waals surface area contributed by atoms with Crippen LogP contribution in [0.4, 0.5) is 16.2 Å². The highest BCUT2D eigenvalue weighted by atomic mass is 16.5. The van der Waals surface area contributed by atoms with E-state index < -0.39 is 6.09 Å². The largest absolute Gasteiger partial charge is 0.453 e. The molecule has 0 aliphatic heterocycles. The predicted molar refractivity (Wildman–Crippen MR) is 77.5 cm³/mol. The number of rotatable bonds is 4.